The van der Waals surface area contributed by atoms with Crippen LogP contribution < -0.4 is 4.74 Å². The average Bonchev–Trinajstić information content (AvgIpc) is 2.69. The molecule has 0 heterocycles. The van der Waals surface area contributed by atoms with Crippen LogP contribution >= 0.6 is 0 Å². The lowest BCUT2D eigenvalue weighted by Crippen LogP contribution is -2.27. The number of benzene rings is 1. The Morgan fingerprint density at radius 1 is 1.25 bits per heavy atom. The lowest BCUT2D eigenvalue weighted by atomic mass is 9.69. The van der Waals surface area contributed by atoms with Crippen LogP contribution in [0.5, 0.6) is 5.75 Å². The Bertz CT molecular complexity index is 666. The van der Waals surface area contributed by atoms with Gasteiger partial charge < -0.3 is 9.47 Å². The van der Waals surface area contributed by atoms with Crippen molar-refractivity contribution in [3.63, 3.8) is 0 Å². The largest absolute Gasteiger partial charge is 0.489 e. The molecular weight excluding hydrogens is 348 g/mol. The quantitative estimate of drug-likeness (QED) is 0.313. The van der Waals surface area contributed by atoms with Crippen LogP contribution in [0.1, 0.15) is 65.5 Å². The minimum Gasteiger partial charge on any atom is -0.489 e. The summed E-state index contributed by atoms with van der Waals surface area (Å²) in [4.78, 5) is 10.4. The van der Waals surface area contributed by atoms with Crippen molar-refractivity contribution in [2.75, 3.05) is 6.61 Å². The number of hydrogen-bond donors (Lipinski definition) is 0. The van der Waals surface area contributed by atoms with Gasteiger partial charge in [-0.1, -0.05) is 70.7 Å². The second kappa shape index (κ2) is 13.0. The molecule has 0 radical (unpaired) electrons. The molecule has 0 spiro atoms. The molecule has 0 aromatic heterocycles. The van der Waals surface area contributed by atoms with Gasteiger partial charge in [0.15, 0.2) is 0 Å². The predicted molar refractivity (Wildman–Crippen MR) is 120 cm³/mol. The topological polar surface area (TPSA) is 35.5 Å². The molecule has 0 saturated carbocycles. The molecule has 0 fully saturated rings. The summed E-state index contributed by atoms with van der Waals surface area (Å²) in [6.07, 6.45) is 5.73. The van der Waals surface area contributed by atoms with Crippen LogP contribution in [0, 0.1) is 6.92 Å². The Hall–Kier alpha value is -2.29. The maximum Gasteiger partial charge on any atom is 0.293 e. The van der Waals surface area contributed by atoms with Crippen LogP contribution in [0.4, 0.5) is 0 Å². The third-order valence-corrected chi connectivity index (χ3v) is 4.87. The van der Waals surface area contributed by atoms with Gasteiger partial charge in [-0.2, -0.15) is 0 Å². The number of rotatable bonds is 11. The van der Waals surface area contributed by atoms with Crippen LogP contribution in [-0.4, -0.2) is 19.2 Å². The van der Waals surface area contributed by atoms with E-state index in [-0.39, 0.29) is 11.5 Å². The summed E-state index contributed by atoms with van der Waals surface area (Å²) < 4.78 is 10.7. The van der Waals surface area contributed by atoms with Gasteiger partial charge in [0.1, 0.15) is 18.5 Å². The zero-order valence-electron chi connectivity index (χ0n) is 18.8. The molecule has 156 valence electrons. The summed E-state index contributed by atoms with van der Waals surface area (Å²) >= 11 is 0. The minimum absolute atomic E-state index is 0.0993. The number of allylic oxidation sites excluding steroid dienone is 4. The number of carbonyl (C=O) groups excluding carboxylic acids is 1. The third kappa shape index (κ3) is 6.70. The highest BCUT2D eigenvalue weighted by molar-refractivity contribution is 5.47. The van der Waals surface area contributed by atoms with Crippen molar-refractivity contribution in [1.82, 2.24) is 0 Å². The fraction of sp³-hybridized carbons (Fsp3) is 0.480. The first-order chi connectivity index (χ1) is 13.3. The molecule has 0 bridgehead atoms. The van der Waals surface area contributed by atoms with Gasteiger partial charge >= 0.3 is 0 Å². The second-order valence-corrected chi connectivity index (χ2v) is 6.77. The molecule has 3 heteroatoms. The average molecular weight is 387 g/mol. The normalized spacial score (nSPS) is 12.3. The number of aryl methyl sites for hydroxylation is 1. The van der Waals surface area contributed by atoms with E-state index in [9.17, 15) is 4.79 Å². The van der Waals surface area contributed by atoms with Gasteiger partial charge in [0.2, 0.25) is 0 Å². The van der Waals surface area contributed by atoms with Crippen LogP contribution in [0.25, 0.3) is 0 Å². The molecule has 3 nitrogen and oxygen atoms in total. The van der Waals surface area contributed by atoms with E-state index in [1.165, 1.54) is 11.1 Å². The molecule has 0 aliphatic carbocycles. The van der Waals surface area contributed by atoms with Crippen molar-refractivity contribution < 1.29 is 14.3 Å². The van der Waals surface area contributed by atoms with Gasteiger partial charge in [-0.05, 0) is 56.4 Å². The van der Waals surface area contributed by atoms with Crippen LogP contribution in [0.15, 0.2) is 54.7 Å². The van der Waals surface area contributed by atoms with E-state index < -0.39 is 0 Å². The Kier molecular flexibility index (Phi) is 11.9. The van der Waals surface area contributed by atoms with Crippen molar-refractivity contribution in [3.8, 4) is 5.75 Å². The van der Waals surface area contributed by atoms with Gasteiger partial charge in [0, 0.05) is 5.41 Å². The van der Waals surface area contributed by atoms with Gasteiger partial charge in [-0.15, -0.1) is 0 Å². The molecule has 0 aliphatic rings. The van der Waals surface area contributed by atoms with E-state index in [1.54, 1.807) is 6.92 Å². The smallest absolute Gasteiger partial charge is 0.293 e. The first-order valence-electron chi connectivity index (χ1n) is 10.2. The summed E-state index contributed by atoms with van der Waals surface area (Å²) in [6.45, 7) is 23.1. The van der Waals surface area contributed by atoms with Gasteiger partial charge in [0.05, 0.1) is 0 Å². The van der Waals surface area contributed by atoms with E-state index in [2.05, 4.69) is 45.2 Å². The van der Waals surface area contributed by atoms with Crippen molar-refractivity contribution in [3.05, 3.63) is 65.8 Å². The molecule has 1 unspecified atom stereocenters. The lowest BCUT2D eigenvalue weighted by molar-refractivity contribution is -0.134. The van der Waals surface area contributed by atoms with E-state index in [0.717, 1.165) is 29.7 Å². The Morgan fingerprint density at radius 2 is 1.86 bits per heavy atom. The maximum atomic E-state index is 10.4. The summed E-state index contributed by atoms with van der Waals surface area (Å²) in [5.74, 6) is 0.806. The number of ether oxygens (including phenoxy) is 2. The predicted octanol–water partition coefficient (Wildman–Crippen LogP) is 6.71. The number of carbonyl (C=O) groups is 1. The van der Waals surface area contributed by atoms with E-state index >= 15 is 0 Å². The van der Waals surface area contributed by atoms with Crippen LogP contribution in [0.3, 0.4) is 0 Å². The molecule has 0 saturated heterocycles. The highest BCUT2D eigenvalue weighted by atomic mass is 16.6. The standard InChI is InChI=1S/C23H32O3.C2H6/c1-8-20(13-17(4)5)23(9-2,10-3)21-11-12-22(18(6)14-21)25-15-19(7)26-16-24;1-2/h8,11-14,16,19H,1,4,9-10,15H2,2-3,5-7H3;1-2H3/b20-13+;. The Balaban J connectivity index is 0.00000352. The van der Waals surface area contributed by atoms with Crippen molar-refractivity contribution in [1.29, 1.82) is 0 Å². The molecule has 1 aromatic rings. The van der Waals surface area contributed by atoms with E-state index in [1.807, 2.05) is 39.8 Å². The minimum atomic E-state index is -0.275. The van der Waals surface area contributed by atoms with Gasteiger partial charge in [0.25, 0.3) is 6.47 Å². The number of hydrogen-bond acceptors (Lipinski definition) is 3. The molecule has 0 N–H and O–H groups in total. The van der Waals surface area contributed by atoms with E-state index in [0.29, 0.717) is 13.1 Å². The molecule has 1 rings (SSSR count). The van der Waals surface area contributed by atoms with Crippen LogP contribution in [0.2, 0.25) is 0 Å². The fourth-order valence-corrected chi connectivity index (χ4v) is 3.34. The third-order valence-electron chi connectivity index (χ3n) is 4.87. The fourth-order valence-electron chi connectivity index (χ4n) is 3.34. The van der Waals surface area contributed by atoms with Gasteiger partial charge in [-0.25, -0.2) is 0 Å². The lowest BCUT2D eigenvalue weighted by Gasteiger charge is -2.35. The van der Waals surface area contributed by atoms with Crippen molar-refractivity contribution in [2.24, 2.45) is 0 Å². The zero-order chi connectivity index (χ0) is 21.7. The van der Waals surface area contributed by atoms with Crippen molar-refractivity contribution >= 4 is 6.47 Å². The first-order valence-corrected chi connectivity index (χ1v) is 10.2. The summed E-state index contributed by atoms with van der Waals surface area (Å²) in [7, 11) is 0. The zero-order valence-corrected chi connectivity index (χ0v) is 18.8. The Labute approximate surface area is 172 Å². The van der Waals surface area contributed by atoms with Gasteiger partial charge in [-0.3, -0.25) is 4.79 Å². The molecule has 1 aromatic carbocycles. The Morgan fingerprint density at radius 3 is 2.29 bits per heavy atom. The van der Waals surface area contributed by atoms with E-state index in [4.69, 9.17) is 9.47 Å². The first kappa shape index (κ1) is 25.7. The maximum absolute atomic E-state index is 10.4. The summed E-state index contributed by atoms with van der Waals surface area (Å²) in [5, 5.41) is 0. The highest BCUT2D eigenvalue weighted by Gasteiger charge is 2.31. The molecule has 0 aliphatic heterocycles. The molecule has 0 amide bonds. The summed E-state index contributed by atoms with van der Waals surface area (Å²) in [6, 6.07) is 6.31. The monoisotopic (exact) mass is 386 g/mol. The van der Waals surface area contributed by atoms with Crippen molar-refractivity contribution in [2.45, 2.75) is 72.8 Å². The molecule has 28 heavy (non-hydrogen) atoms. The SMILES string of the molecule is C=C/C(=C\C(=C)C)C(CC)(CC)c1ccc(OCC(C)OC=O)c(C)c1.CC. The highest BCUT2D eigenvalue weighted by Crippen LogP contribution is 2.41. The van der Waals surface area contributed by atoms with Crippen LogP contribution in [-0.2, 0) is 14.9 Å². The molecule has 1 atom stereocenters. The summed E-state index contributed by atoms with van der Waals surface area (Å²) in [5.41, 5.74) is 4.42. The molecular formula is C25H38O3. The second-order valence-electron chi connectivity index (χ2n) is 6.77.